The highest BCUT2D eigenvalue weighted by Crippen LogP contribution is 2.20. The van der Waals surface area contributed by atoms with Gasteiger partial charge in [0.2, 0.25) is 0 Å². The SMILES string of the molecule is CN1CCC(CCS(=O)c2cnccn2)CC1. The predicted octanol–water partition coefficient (Wildman–Crippen LogP) is 1.32. The second-order valence-electron chi connectivity index (χ2n) is 4.63. The molecule has 0 saturated carbocycles. The summed E-state index contributed by atoms with van der Waals surface area (Å²) >= 11 is 0. The van der Waals surface area contributed by atoms with Gasteiger partial charge in [0, 0.05) is 18.1 Å². The fourth-order valence-corrected chi connectivity index (χ4v) is 3.25. The van der Waals surface area contributed by atoms with E-state index in [1.165, 1.54) is 25.9 Å². The molecule has 0 spiro atoms. The molecule has 94 valence electrons. The van der Waals surface area contributed by atoms with Crippen LogP contribution in [0, 0.1) is 5.92 Å². The summed E-state index contributed by atoms with van der Waals surface area (Å²) in [6, 6.07) is 0. The molecule has 0 N–H and O–H groups in total. The summed E-state index contributed by atoms with van der Waals surface area (Å²) in [5, 5.41) is 0.612. The molecule has 1 aromatic rings. The Hall–Kier alpha value is -0.810. The van der Waals surface area contributed by atoms with E-state index >= 15 is 0 Å². The molecule has 1 aromatic heterocycles. The van der Waals surface area contributed by atoms with E-state index in [1.807, 2.05) is 0 Å². The number of nitrogens with zero attached hydrogens (tertiary/aromatic N) is 3. The van der Waals surface area contributed by atoms with Gasteiger partial charge in [-0.1, -0.05) is 0 Å². The van der Waals surface area contributed by atoms with Gasteiger partial charge in [-0.15, -0.1) is 0 Å². The van der Waals surface area contributed by atoms with E-state index in [0.717, 1.165) is 12.3 Å². The van der Waals surface area contributed by atoms with Gasteiger partial charge < -0.3 is 4.90 Å². The summed E-state index contributed by atoms with van der Waals surface area (Å²) in [5.74, 6) is 1.44. The quantitative estimate of drug-likeness (QED) is 0.812. The third-order valence-corrected chi connectivity index (χ3v) is 4.61. The number of likely N-dealkylation sites (tertiary alicyclic amines) is 1. The van der Waals surface area contributed by atoms with Gasteiger partial charge >= 0.3 is 0 Å². The van der Waals surface area contributed by atoms with Crippen molar-refractivity contribution in [3.05, 3.63) is 18.6 Å². The van der Waals surface area contributed by atoms with Crippen LogP contribution in [-0.4, -0.2) is 45.0 Å². The van der Waals surface area contributed by atoms with E-state index in [9.17, 15) is 4.21 Å². The van der Waals surface area contributed by atoms with E-state index in [0.29, 0.717) is 10.8 Å². The lowest BCUT2D eigenvalue weighted by molar-refractivity contribution is 0.217. The number of piperidine rings is 1. The van der Waals surface area contributed by atoms with Crippen LogP contribution in [-0.2, 0) is 10.8 Å². The summed E-state index contributed by atoms with van der Waals surface area (Å²) < 4.78 is 11.9. The molecule has 0 aliphatic carbocycles. The van der Waals surface area contributed by atoms with Crippen LogP contribution in [0.1, 0.15) is 19.3 Å². The molecule has 2 heterocycles. The molecular weight excluding hydrogens is 234 g/mol. The molecular formula is C12H19N3OS. The van der Waals surface area contributed by atoms with Crippen LogP contribution in [0.25, 0.3) is 0 Å². The highest BCUT2D eigenvalue weighted by molar-refractivity contribution is 7.84. The predicted molar refractivity (Wildman–Crippen MR) is 68.1 cm³/mol. The molecule has 1 atom stereocenters. The average Bonchev–Trinajstić information content (AvgIpc) is 2.39. The summed E-state index contributed by atoms with van der Waals surface area (Å²) in [5.41, 5.74) is 0. The average molecular weight is 253 g/mol. The molecule has 4 nitrogen and oxygen atoms in total. The molecule has 0 aromatic carbocycles. The first-order valence-electron chi connectivity index (χ1n) is 6.08. The van der Waals surface area contributed by atoms with Gasteiger partial charge in [0.15, 0.2) is 0 Å². The molecule has 5 heteroatoms. The van der Waals surface area contributed by atoms with Crippen molar-refractivity contribution in [2.45, 2.75) is 24.3 Å². The number of rotatable bonds is 4. The second-order valence-corrected chi connectivity index (χ2v) is 6.15. The van der Waals surface area contributed by atoms with Crippen molar-refractivity contribution in [1.82, 2.24) is 14.9 Å². The zero-order valence-corrected chi connectivity index (χ0v) is 11.0. The van der Waals surface area contributed by atoms with E-state index < -0.39 is 10.8 Å². The lowest BCUT2D eigenvalue weighted by Gasteiger charge is -2.28. The van der Waals surface area contributed by atoms with Crippen LogP contribution in [0.15, 0.2) is 23.6 Å². The van der Waals surface area contributed by atoms with Crippen molar-refractivity contribution < 1.29 is 4.21 Å². The standard InChI is InChI=1S/C12H19N3OS/c1-15-7-2-11(3-8-15)4-9-17(16)12-10-13-5-6-14-12/h5-6,10-11H,2-4,7-9H2,1H3. The minimum absolute atomic E-state index is 0.612. The van der Waals surface area contributed by atoms with Crippen LogP contribution in [0.2, 0.25) is 0 Å². The van der Waals surface area contributed by atoms with Gasteiger partial charge in [0.25, 0.3) is 0 Å². The van der Waals surface area contributed by atoms with Gasteiger partial charge in [0.1, 0.15) is 5.03 Å². The molecule has 1 fully saturated rings. The Morgan fingerprint density at radius 3 is 2.82 bits per heavy atom. The highest BCUT2D eigenvalue weighted by atomic mass is 32.2. The normalized spacial score (nSPS) is 20.3. The molecule has 2 rings (SSSR count). The van der Waals surface area contributed by atoms with Crippen LogP contribution in [0.5, 0.6) is 0 Å². The maximum Gasteiger partial charge on any atom is 0.145 e. The third-order valence-electron chi connectivity index (χ3n) is 3.32. The largest absolute Gasteiger partial charge is 0.306 e. The first kappa shape index (κ1) is 12.6. The van der Waals surface area contributed by atoms with Crippen molar-refractivity contribution >= 4 is 10.8 Å². The molecule has 0 amide bonds. The number of hydrogen-bond acceptors (Lipinski definition) is 4. The Labute approximate surface area is 105 Å². The van der Waals surface area contributed by atoms with Crippen molar-refractivity contribution in [3.63, 3.8) is 0 Å². The maximum absolute atomic E-state index is 11.9. The Morgan fingerprint density at radius 2 is 2.18 bits per heavy atom. The van der Waals surface area contributed by atoms with Crippen molar-refractivity contribution in [2.24, 2.45) is 5.92 Å². The fraction of sp³-hybridized carbons (Fsp3) is 0.667. The van der Waals surface area contributed by atoms with Crippen molar-refractivity contribution in [1.29, 1.82) is 0 Å². The van der Waals surface area contributed by atoms with E-state index in [1.54, 1.807) is 18.6 Å². The monoisotopic (exact) mass is 253 g/mol. The summed E-state index contributed by atoms with van der Waals surface area (Å²) in [6.07, 6.45) is 8.31. The molecule has 0 bridgehead atoms. The van der Waals surface area contributed by atoms with Crippen molar-refractivity contribution in [2.75, 3.05) is 25.9 Å². The first-order valence-corrected chi connectivity index (χ1v) is 7.40. The molecule has 1 aliphatic rings. The van der Waals surface area contributed by atoms with Gasteiger partial charge in [-0.05, 0) is 45.3 Å². The molecule has 0 radical (unpaired) electrons. The van der Waals surface area contributed by atoms with E-state index in [4.69, 9.17) is 0 Å². The molecule has 1 unspecified atom stereocenters. The van der Waals surface area contributed by atoms with Crippen molar-refractivity contribution in [3.8, 4) is 0 Å². The van der Waals surface area contributed by atoms with Crippen LogP contribution in [0.4, 0.5) is 0 Å². The highest BCUT2D eigenvalue weighted by Gasteiger charge is 2.17. The van der Waals surface area contributed by atoms with Gasteiger partial charge in [-0.3, -0.25) is 9.19 Å². The lowest BCUT2D eigenvalue weighted by Crippen LogP contribution is -2.30. The van der Waals surface area contributed by atoms with E-state index in [-0.39, 0.29) is 0 Å². The first-order chi connectivity index (χ1) is 8.25. The number of aromatic nitrogens is 2. The minimum Gasteiger partial charge on any atom is -0.306 e. The Morgan fingerprint density at radius 1 is 1.41 bits per heavy atom. The summed E-state index contributed by atoms with van der Waals surface area (Å²) in [7, 11) is 1.18. The molecule has 1 aliphatic heterocycles. The van der Waals surface area contributed by atoms with Gasteiger partial charge in [-0.2, -0.15) is 0 Å². The van der Waals surface area contributed by atoms with Gasteiger partial charge in [0.05, 0.1) is 17.0 Å². The second kappa shape index (κ2) is 6.21. The van der Waals surface area contributed by atoms with E-state index in [2.05, 4.69) is 21.9 Å². The lowest BCUT2D eigenvalue weighted by atomic mass is 9.95. The van der Waals surface area contributed by atoms with Crippen LogP contribution < -0.4 is 0 Å². The Balaban J connectivity index is 1.77. The summed E-state index contributed by atoms with van der Waals surface area (Å²) in [6.45, 7) is 2.34. The minimum atomic E-state index is -0.981. The van der Waals surface area contributed by atoms with Gasteiger partial charge in [-0.25, -0.2) is 4.98 Å². The fourth-order valence-electron chi connectivity index (χ4n) is 2.13. The smallest absolute Gasteiger partial charge is 0.145 e. The Bertz CT molecular complexity index is 363. The zero-order valence-electron chi connectivity index (χ0n) is 10.2. The Kier molecular flexibility index (Phi) is 4.62. The topological polar surface area (TPSA) is 46.1 Å². The third kappa shape index (κ3) is 3.85. The number of hydrogen-bond donors (Lipinski definition) is 0. The molecule has 1 saturated heterocycles. The van der Waals surface area contributed by atoms with Crippen LogP contribution >= 0.6 is 0 Å². The maximum atomic E-state index is 11.9. The van der Waals surface area contributed by atoms with Crippen LogP contribution in [0.3, 0.4) is 0 Å². The zero-order chi connectivity index (χ0) is 12.1. The summed E-state index contributed by atoms with van der Waals surface area (Å²) in [4.78, 5) is 10.4. The molecule has 17 heavy (non-hydrogen) atoms.